The van der Waals surface area contributed by atoms with Gasteiger partial charge in [-0.15, -0.1) is 0 Å². The molecule has 4 aliphatic rings. The number of fused-ring (bicyclic) bond motifs is 5. The van der Waals surface area contributed by atoms with E-state index >= 15 is 0 Å². The van der Waals surface area contributed by atoms with Gasteiger partial charge in [0.2, 0.25) is 0 Å². The van der Waals surface area contributed by atoms with Crippen molar-refractivity contribution in [3.05, 3.63) is 146 Å². The molecule has 0 spiro atoms. The number of likely N-dealkylation sites (tertiary alicyclic amines) is 1. The zero-order chi connectivity index (χ0) is 37.9. The number of anilines is 4. The van der Waals surface area contributed by atoms with Gasteiger partial charge in [0.05, 0.1) is 30.7 Å². The van der Waals surface area contributed by atoms with Crippen LogP contribution in [0.1, 0.15) is 25.7 Å². The second-order valence-corrected chi connectivity index (χ2v) is 17.2. The Morgan fingerprint density at radius 2 is 1.26 bits per heavy atom. The first-order valence-electron chi connectivity index (χ1n) is 21.4. The Morgan fingerprint density at radius 3 is 2.05 bits per heavy atom. The predicted octanol–water partition coefficient (Wildman–Crippen LogP) is 10.4. The molecule has 5 atom stereocenters. The zero-order valence-electron chi connectivity index (χ0n) is 33.0. The quantitative estimate of drug-likeness (QED) is 0.159. The second-order valence-electron chi connectivity index (χ2n) is 17.2. The number of benzene rings is 6. The normalized spacial score (nSPS) is 24.5. The Balaban J connectivity index is 0.996. The van der Waals surface area contributed by atoms with Crippen molar-refractivity contribution in [3.63, 3.8) is 0 Å². The summed E-state index contributed by atoms with van der Waals surface area (Å²) in [7, 11) is 2.53. The van der Waals surface area contributed by atoms with Crippen molar-refractivity contribution in [1.82, 2.24) is 19.7 Å². The van der Waals surface area contributed by atoms with Crippen LogP contribution < -0.4 is 24.9 Å². The van der Waals surface area contributed by atoms with Crippen LogP contribution in [-0.2, 0) is 0 Å². The number of hydrogen-bond donors (Lipinski definition) is 2. The Bertz CT molecular complexity index is 2510. The Labute approximate surface area is 336 Å². The highest BCUT2D eigenvalue weighted by molar-refractivity contribution is 6.10. The van der Waals surface area contributed by atoms with Gasteiger partial charge < -0.3 is 25.0 Å². The molecule has 2 N–H and O–H groups in total. The Kier molecular flexibility index (Phi) is 8.68. The van der Waals surface area contributed by atoms with Crippen LogP contribution in [0, 0.1) is 11.8 Å². The molecule has 7 aromatic rings. The van der Waals surface area contributed by atoms with Gasteiger partial charge in [-0.2, -0.15) is 0 Å². The highest BCUT2D eigenvalue weighted by Crippen LogP contribution is 2.45. The summed E-state index contributed by atoms with van der Waals surface area (Å²) >= 11 is 0. The van der Waals surface area contributed by atoms with Gasteiger partial charge in [-0.1, -0.05) is 66.7 Å². The number of aromatic nitrogens is 1. The molecular weight excluding hydrogens is 697 g/mol. The topological polar surface area (TPSA) is 35.5 Å². The number of hydrogen-bond acceptors (Lipinski definition) is 4. The monoisotopic (exact) mass is 749 g/mol. The third kappa shape index (κ3) is 5.96. The summed E-state index contributed by atoms with van der Waals surface area (Å²) in [6.45, 7) is 6.95. The minimum Gasteiger partial charge on any atom is -0.368 e. The lowest BCUT2D eigenvalue weighted by molar-refractivity contribution is 0.225. The minimum absolute atomic E-state index is 0.635. The van der Waals surface area contributed by atoms with Crippen molar-refractivity contribution in [1.29, 1.82) is 0 Å². The lowest BCUT2D eigenvalue weighted by Gasteiger charge is -2.40. The van der Waals surface area contributed by atoms with Crippen LogP contribution in [0.5, 0.6) is 0 Å². The molecule has 1 aromatic heterocycles. The molecule has 6 heteroatoms. The maximum absolute atomic E-state index is 3.70. The zero-order valence-corrected chi connectivity index (χ0v) is 33.0. The van der Waals surface area contributed by atoms with Gasteiger partial charge in [0.15, 0.2) is 0 Å². The van der Waals surface area contributed by atoms with Gasteiger partial charge >= 0.3 is 0 Å². The van der Waals surface area contributed by atoms with Crippen LogP contribution >= 0.6 is 0 Å². The average molecular weight is 750 g/mol. The van der Waals surface area contributed by atoms with Crippen LogP contribution in [0.25, 0.3) is 38.6 Å². The number of nitrogens with one attached hydrogen (secondary N) is 2. The molecule has 57 heavy (non-hydrogen) atoms. The molecule has 0 bridgehead atoms. The van der Waals surface area contributed by atoms with Crippen molar-refractivity contribution < 1.29 is 0 Å². The van der Waals surface area contributed by atoms with Gasteiger partial charge in [-0.25, -0.2) is 0 Å². The van der Waals surface area contributed by atoms with E-state index in [-0.39, 0.29) is 0 Å². The average Bonchev–Trinajstić information content (AvgIpc) is 3.97. The lowest BCUT2D eigenvalue weighted by atomic mass is 9.92. The molecule has 0 radical (unpaired) electrons. The molecular formula is C51H53N6+. The SMILES string of the molecule is C[N+]1(c2cc(-c3ccc(-n4c5ccccc5c5cc(N(c6ccccc6)c6ccccc6)ccc54)cc3)cc(N3CCC4CNCCC43)c2)CCC2CNCCC21. The van der Waals surface area contributed by atoms with Crippen LogP contribution in [0.3, 0.4) is 0 Å². The Morgan fingerprint density at radius 1 is 0.561 bits per heavy atom. The van der Waals surface area contributed by atoms with Crippen molar-refractivity contribution in [2.45, 2.75) is 37.8 Å². The van der Waals surface area contributed by atoms with E-state index in [9.17, 15) is 0 Å². The molecule has 0 amide bonds. The number of nitrogens with zero attached hydrogens (tertiary/aromatic N) is 4. The molecule has 0 aliphatic carbocycles. The van der Waals surface area contributed by atoms with Crippen LogP contribution in [0.15, 0.2) is 146 Å². The maximum Gasteiger partial charge on any atom is 0.135 e. The van der Waals surface area contributed by atoms with Gasteiger partial charge in [0, 0.05) is 95.8 Å². The summed E-state index contributed by atoms with van der Waals surface area (Å²) in [5.74, 6) is 1.51. The summed E-state index contributed by atoms with van der Waals surface area (Å²) in [6.07, 6.45) is 5.08. The van der Waals surface area contributed by atoms with Crippen molar-refractivity contribution in [2.24, 2.45) is 11.8 Å². The first-order valence-corrected chi connectivity index (χ1v) is 21.4. The third-order valence-corrected chi connectivity index (χ3v) is 14.2. The summed E-state index contributed by atoms with van der Waals surface area (Å²) in [5.41, 5.74) is 12.6. The predicted molar refractivity (Wildman–Crippen MR) is 240 cm³/mol. The number of rotatable bonds is 7. The van der Waals surface area contributed by atoms with E-state index in [1.807, 2.05) is 0 Å². The number of piperidine rings is 2. The molecule has 11 rings (SSSR count). The fourth-order valence-corrected chi connectivity index (χ4v) is 11.3. The van der Waals surface area contributed by atoms with Crippen LogP contribution in [0.2, 0.25) is 0 Å². The van der Waals surface area contributed by atoms with Gasteiger partial charge in [-0.3, -0.25) is 4.48 Å². The fraction of sp³-hybridized carbons (Fsp3) is 0.294. The summed E-state index contributed by atoms with van der Waals surface area (Å²) in [5, 5.41) is 9.89. The van der Waals surface area contributed by atoms with E-state index in [1.165, 1.54) is 82.2 Å². The first-order chi connectivity index (χ1) is 28.1. The van der Waals surface area contributed by atoms with Gasteiger partial charge in [0.1, 0.15) is 5.69 Å². The maximum atomic E-state index is 3.70. The molecule has 4 aliphatic heterocycles. The molecule has 286 valence electrons. The molecule has 4 fully saturated rings. The largest absolute Gasteiger partial charge is 0.368 e. The highest BCUT2D eigenvalue weighted by atomic mass is 15.4. The molecule has 6 nitrogen and oxygen atoms in total. The van der Waals surface area contributed by atoms with Crippen molar-refractivity contribution in [3.8, 4) is 16.8 Å². The first kappa shape index (κ1) is 34.8. The molecule has 6 aromatic carbocycles. The van der Waals surface area contributed by atoms with E-state index in [0.717, 1.165) is 66.1 Å². The Hall–Kier alpha value is -5.40. The second kappa shape index (κ2) is 14.2. The van der Waals surface area contributed by atoms with E-state index < -0.39 is 0 Å². The van der Waals surface area contributed by atoms with E-state index in [2.05, 4.69) is 178 Å². The van der Waals surface area contributed by atoms with E-state index in [1.54, 1.807) is 0 Å². The fourth-order valence-electron chi connectivity index (χ4n) is 11.3. The molecule has 4 saturated heterocycles. The molecule has 0 saturated carbocycles. The van der Waals surface area contributed by atoms with Crippen LogP contribution in [0.4, 0.5) is 28.4 Å². The van der Waals surface area contributed by atoms with E-state index in [0.29, 0.717) is 12.1 Å². The van der Waals surface area contributed by atoms with Gasteiger partial charge in [-0.05, 0) is 110 Å². The standard InChI is InChI=1S/C51H53N6/c1-57(29-25-38-35-53-27-23-51(38)57)45-31-39(30-44(32-45)54-28-24-37-34-52-26-22-48(37)54)36-16-18-42(19-17-36)56-49-15-9-8-14-46(49)47-33-43(20-21-50(47)56)55(40-10-4-2-5-11-40)41-12-6-3-7-13-41/h2-21,30-33,37-38,48,51-53H,22-29,34-35H2,1H3/q+1. The summed E-state index contributed by atoms with van der Waals surface area (Å²) in [4.78, 5) is 5.13. The highest BCUT2D eigenvalue weighted by Gasteiger charge is 2.48. The molecule has 5 unspecified atom stereocenters. The van der Waals surface area contributed by atoms with Gasteiger partial charge in [0.25, 0.3) is 0 Å². The number of quaternary nitrogens is 1. The van der Waals surface area contributed by atoms with Crippen molar-refractivity contribution in [2.75, 3.05) is 56.1 Å². The van der Waals surface area contributed by atoms with E-state index in [4.69, 9.17) is 0 Å². The molecule has 5 heterocycles. The number of para-hydroxylation sites is 3. The van der Waals surface area contributed by atoms with Crippen molar-refractivity contribution >= 4 is 50.2 Å². The van der Waals surface area contributed by atoms with Crippen LogP contribution in [-0.4, -0.2) is 63.0 Å². The third-order valence-electron chi connectivity index (χ3n) is 14.2. The smallest absolute Gasteiger partial charge is 0.135 e. The minimum atomic E-state index is 0.635. The summed E-state index contributed by atoms with van der Waals surface area (Å²) < 4.78 is 3.51. The lowest BCUT2D eigenvalue weighted by Crippen LogP contribution is -2.55. The summed E-state index contributed by atoms with van der Waals surface area (Å²) in [6, 6.07) is 55.6.